The zero-order valence-corrected chi connectivity index (χ0v) is 13.6. The minimum absolute atomic E-state index is 0.0306. The van der Waals surface area contributed by atoms with Gasteiger partial charge in [0.1, 0.15) is 17.4 Å². The van der Waals surface area contributed by atoms with Crippen LogP contribution in [0.1, 0.15) is 22.3 Å². The van der Waals surface area contributed by atoms with Gasteiger partial charge in [0.25, 0.3) is 11.5 Å². The van der Waals surface area contributed by atoms with Gasteiger partial charge in [-0.2, -0.15) is 0 Å². The largest absolute Gasteiger partial charge is 0.486 e. The molecule has 0 aliphatic carbocycles. The van der Waals surface area contributed by atoms with Gasteiger partial charge in [0, 0.05) is 12.8 Å². The van der Waals surface area contributed by atoms with Crippen LogP contribution in [0, 0.1) is 0 Å². The number of carbonyl (C=O) groups excluding carboxylic acids is 1. The first-order chi connectivity index (χ1) is 12.2. The average Bonchev–Trinajstić information content (AvgIpc) is 2.64. The number of nitrogens with one attached hydrogen (secondary N) is 2. The number of ether oxygens (including phenoxy) is 2. The van der Waals surface area contributed by atoms with Crippen LogP contribution in [0.3, 0.4) is 0 Å². The molecule has 1 aromatic carbocycles. The third-order valence-electron chi connectivity index (χ3n) is 4.08. The molecule has 0 unspecified atom stereocenters. The first-order valence-corrected chi connectivity index (χ1v) is 8.10. The lowest BCUT2D eigenvalue weighted by atomic mass is 10.1. The molecule has 1 amide bonds. The minimum Gasteiger partial charge on any atom is -0.486 e. The number of rotatable bonds is 5. The van der Waals surface area contributed by atoms with Crippen LogP contribution < -0.4 is 15.6 Å². The highest BCUT2D eigenvalue weighted by molar-refractivity contribution is 5.93. The Balaban J connectivity index is 1.69. The summed E-state index contributed by atoms with van der Waals surface area (Å²) in [5.74, 6) is 0.197. The van der Waals surface area contributed by atoms with Crippen molar-refractivity contribution < 1.29 is 19.4 Å². The molecule has 1 aliphatic heterocycles. The summed E-state index contributed by atoms with van der Waals surface area (Å²) in [6, 6.07) is 9.90. The maximum Gasteiger partial charge on any atom is 0.260 e. The summed E-state index contributed by atoms with van der Waals surface area (Å²) in [7, 11) is 0. The van der Waals surface area contributed by atoms with Gasteiger partial charge in [0.15, 0.2) is 0 Å². The molecule has 132 valence electrons. The average molecular weight is 344 g/mol. The fourth-order valence-electron chi connectivity index (χ4n) is 2.69. The Morgan fingerprint density at radius 3 is 2.84 bits per heavy atom. The fraction of sp³-hybridized carbons (Fsp3) is 0.333. The highest BCUT2D eigenvalue weighted by atomic mass is 16.5. The van der Waals surface area contributed by atoms with Gasteiger partial charge in [-0.15, -0.1) is 0 Å². The van der Waals surface area contributed by atoms with Crippen molar-refractivity contribution in [1.82, 2.24) is 10.3 Å². The van der Waals surface area contributed by atoms with Crippen molar-refractivity contribution in [3.63, 3.8) is 0 Å². The van der Waals surface area contributed by atoms with Crippen LogP contribution in [0.4, 0.5) is 0 Å². The summed E-state index contributed by atoms with van der Waals surface area (Å²) >= 11 is 0. The van der Waals surface area contributed by atoms with E-state index in [2.05, 4.69) is 10.3 Å². The Kier molecular flexibility index (Phi) is 5.47. The zero-order valence-electron chi connectivity index (χ0n) is 13.6. The van der Waals surface area contributed by atoms with Gasteiger partial charge in [-0.05, 0) is 36.2 Å². The molecule has 0 saturated carbocycles. The second kappa shape index (κ2) is 7.96. The number of benzene rings is 1. The Bertz CT molecular complexity index is 772. The highest BCUT2D eigenvalue weighted by Crippen LogP contribution is 2.19. The predicted octanol–water partition coefficient (Wildman–Crippen LogP) is 0.833. The molecule has 3 rings (SSSR count). The number of aliphatic hydroxyl groups is 1. The second-order valence-electron chi connectivity index (χ2n) is 5.81. The van der Waals surface area contributed by atoms with Crippen molar-refractivity contribution in [3.8, 4) is 5.75 Å². The SMILES string of the molecule is O=C(N[C@@H]1CCOC[C@H]1Oc1ccc(CO)cc1)c1ccc[nH]c1=O. The number of amides is 1. The lowest BCUT2D eigenvalue weighted by Gasteiger charge is -2.32. The quantitative estimate of drug-likeness (QED) is 0.746. The molecule has 2 aromatic rings. The van der Waals surface area contributed by atoms with Gasteiger partial charge < -0.3 is 24.9 Å². The molecular formula is C18H20N2O5. The third-order valence-corrected chi connectivity index (χ3v) is 4.08. The number of hydrogen-bond donors (Lipinski definition) is 3. The van der Waals surface area contributed by atoms with Gasteiger partial charge >= 0.3 is 0 Å². The molecule has 1 aliphatic rings. The van der Waals surface area contributed by atoms with Gasteiger partial charge in [-0.25, -0.2) is 0 Å². The lowest BCUT2D eigenvalue weighted by molar-refractivity contribution is -0.0135. The van der Waals surface area contributed by atoms with Crippen LogP contribution in [-0.2, 0) is 11.3 Å². The molecule has 0 bridgehead atoms. The summed E-state index contributed by atoms with van der Waals surface area (Å²) in [6.45, 7) is 0.828. The standard InChI is InChI=1S/C18H20N2O5/c21-10-12-3-5-13(6-4-12)25-16-11-24-9-7-15(16)20-18(23)14-2-1-8-19-17(14)22/h1-6,8,15-16,21H,7,9-11H2,(H,19,22)(H,20,23)/t15-,16-/m1/s1. The summed E-state index contributed by atoms with van der Waals surface area (Å²) in [5, 5.41) is 12.0. The van der Waals surface area contributed by atoms with Crippen LogP contribution >= 0.6 is 0 Å². The summed E-state index contributed by atoms with van der Waals surface area (Å²) in [6.07, 6.45) is 1.71. The monoisotopic (exact) mass is 344 g/mol. The van der Waals surface area contributed by atoms with Gasteiger partial charge in [-0.1, -0.05) is 12.1 Å². The molecule has 7 nitrogen and oxygen atoms in total. The van der Waals surface area contributed by atoms with Crippen molar-refractivity contribution in [2.45, 2.75) is 25.2 Å². The summed E-state index contributed by atoms with van der Waals surface area (Å²) in [4.78, 5) is 26.6. The van der Waals surface area contributed by atoms with Crippen LogP contribution in [0.2, 0.25) is 0 Å². The van der Waals surface area contributed by atoms with Gasteiger partial charge in [0.05, 0.1) is 19.3 Å². The Labute approximate surface area is 144 Å². The van der Waals surface area contributed by atoms with Crippen molar-refractivity contribution in [1.29, 1.82) is 0 Å². The molecule has 1 fully saturated rings. The van der Waals surface area contributed by atoms with E-state index >= 15 is 0 Å². The third kappa shape index (κ3) is 4.26. The molecule has 7 heteroatoms. The highest BCUT2D eigenvalue weighted by Gasteiger charge is 2.29. The lowest BCUT2D eigenvalue weighted by Crippen LogP contribution is -2.52. The summed E-state index contributed by atoms with van der Waals surface area (Å²) < 4.78 is 11.4. The van der Waals surface area contributed by atoms with E-state index in [1.165, 1.54) is 12.3 Å². The fourth-order valence-corrected chi connectivity index (χ4v) is 2.69. The Morgan fingerprint density at radius 1 is 1.32 bits per heavy atom. The van der Waals surface area contributed by atoms with Gasteiger partial charge in [0.2, 0.25) is 0 Å². The molecule has 0 spiro atoms. The zero-order chi connectivity index (χ0) is 17.6. The van der Waals surface area contributed by atoms with E-state index in [0.29, 0.717) is 25.4 Å². The van der Waals surface area contributed by atoms with E-state index < -0.39 is 11.5 Å². The Hall–Kier alpha value is -2.64. The van der Waals surface area contributed by atoms with Crippen LogP contribution in [0.5, 0.6) is 5.75 Å². The van der Waals surface area contributed by atoms with E-state index in [1.54, 1.807) is 30.3 Å². The normalized spacial score (nSPS) is 20.0. The van der Waals surface area contributed by atoms with E-state index in [1.807, 2.05) is 0 Å². The van der Waals surface area contributed by atoms with E-state index in [0.717, 1.165) is 5.56 Å². The number of pyridine rings is 1. The van der Waals surface area contributed by atoms with E-state index in [4.69, 9.17) is 14.6 Å². The van der Waals surface area contributed by atoms with Crippen molar-refractivity contribution in [2.75, 3.05) is 13.2 Å². The molecule has 2 atom stereocenters. The van der Waals surface area contributed by atoms with E-state index in [9.17, 15) is 9.59 Å². The van der Waals surface area contributed by atoms with E-state index in [-0.39, 0.29) is 24.3 Å². The molecule has 2 heterocycles. The number of carbonyl (C=O) groups is 1. The first kappa shape index (κ1) is 17.2. The smallest absolute Gasteiger partial charge is 0.260 e. The molecule has 3 N–H and O–H groups in total. The number of hydrogen-bond acceptors (Lipinski definition) is 5. The van der Waals surface area contributed by atoms with Crippen LogP contribution in [0.15, 0.2) is 47.4 Å². The Morgan fingerprint density at radius 2 is 2.12 bits per heavy atom. The second-order valence-corrected chi connectivity index (χ2v) is 5.81. The van der Waals surface area contributed by atoms with Crippen LogP contribution in [-0.4, -0.2) is 41.4 Å². The molecular weight excluding hydrogens is 324 g/mol. The van der Waals surface area contributed by atoms with Crippen molar-refractivity contribution in [3.05, 3.63) is 64.1 Å². The predicted molar refractivity (Wildman–Crippen MR) is 90.5 cm³/mol. The number of aromatic nitrogens is 1. The maximum absolute atomic E-state index is 12.4. The van der Waals surface area contributed by atoms with Crippen LogP contribution in [0.25, 0.3) is 0 Å². The summed E-state index contributed by atoms with van der Waals surface area (Å²) in [5.41, 5.74) is 0.435. The molecule has 25 heavy (non-hydrogen) atoms. The minimum atomic E-state index is -0.432. The molecule has 0 radical (unpaired) electrons. The number of aliphatic hydroxyl groups excluding tert-OH is 1. The van der Waals surface area contributed by atoms with Crippen molar-refractivity contribution >= 4 is 5.91 Å². The topological polar surface area (TPSA) is 101 Å². The number of H-pyrrole nitrogens is 1. The number of aromatic amines is 1. The first-order valence-electron chi connectivity index (χ1n) is 8.10. The van der Waals surface area contributed by atoms with Gasteiger partial charge in [-0.3, -0.25) is 9.59 Å². The maximum atomic E-state index is 12.4. The van der Waals surface area contributed by atoms with Crippen molar-refractivity contribution in [2.24, 2.45) is 0 Å². The molecule has 1 aromatic heterocycles. The molecule has 1 saturated heterocycles.